The van der Waals surface area contributed by atoms with Crippen molar-refractivity contribution in [1.82, 2.24) is 10.2 Å². The van der Waals surface area contributed by atoms with Crippen LogP contribution in [0, 0.1) is 11.8 Å². The molecule has 29 heavy (non-hydrogen) atoms. The molecule has 1 aliphatic carbocycles. The van der Waals surface area contributed by atoms with Gasteiger partial charge in [0.05, 0.1) is 5.92 Å². The molecule has 0 bridgehead atoms. The van der Waals surface area contributed by atoms with E-state index in [1.54, 1.807) is 4.90 Å². The highest BCUT2D eigenvalue weighted by Gasteiger charge is 2.57. The summed E-state index contributed by atoms with van der Waals surface area (Å²) in [6.07, 6.45) is 3.86. The number of nitrogens with zero attached hydrogens (tertiary/aromatic N) is 1. The van der Waals surface area contributed by atoms with E-state index in [1.807, 2.05) is 37.3 Å². The Labute approximate surface area is 171 Å². The largest absolute Gasteiger partial charge is 0.481 e. The second kappa shape index (κ2) is 8.95. The molecule has 1 heterocycles. The lowest BCUT2D eigenvalue weighted by Gasteiger charge is -2.36. The minimum absolute atomic E-state index is 0.00209. The first-order valence-corrected chi connectivity index (χ1v) is 10.4. The Hall–Kier alpha value is -2.41. The number of carboxylic acids is 2. The molecule has 0 spiro atoms. The number of likely N-dealkylation sites (N-methyl/N-ethyl adjacent to an activating group) is 1. The average Bonchev–Trinajstić information content (AvgIpc) is 3.27. The second-order valence-corrected chi connectivity index (χ2v) is 8.23. The van der Waals surface area contributed by atoms with E-state index in [4.69, 9.17) is 0 Å². The van der Waals surface area contributed by atoms with Crippen LogP contribution in [0.15, 0.2) is 30.3 Å². The van der Waals surface area contributed by atoms with Crippen molar-refractivity contribution >= 4 is 17.8 Å². The topological polar surface area (TPSA) is 107 Å². The van der Waals surface area contributed by atoms with Crippen molar-refractivity contribution in [2.45, 2.75) is 57.0 Å². The van der Waals surface area contributed by atoms with Crippen LogP contribution in [0.5, 0.6) is 0 Å². The Morgan fingerprint density at radius 3 is 2.59 bits per heavy atom. The highest BCUT2D eigenvalue weighted by molar-refractivity contribution is 5.90. The van der Waals surface area contributed by atoms with E-state index < -0.39 is 29.4 Å². The van der Waals surface area contributed by atoms with Crippen LogP contribution < -0.4 is 5.32 Å². The first-order chi connectivity index (χ1) is 13.9. The average molecular weight is 402 g/mol. The van der Waals surface area contributed by atoms with Gasteiger partial charge in [-0.05, 0) is 50.5 Å². The number of carbonyl (C=O) groups is 3. The van der Waals surface area contributed by atoms with Gasteiger partial charge in [0.1, 0.15) is 11.6 Å². The van der Waals surface area contributed by atoms with E-state index >= 15 is 0 Å². The summed E-state index contributed by atoms with van der Waals surface area (Å²) >= 11 is 0. The van der Waals surface area contributed by atoms with Crippen molar-refractivity contribution in [2.24, 2.45) is 11.8 Å². The Morgan fingerprint density at radius 1 is 1.24 bits per heavy atom. The fourth-order valence-electron chi connectivity index (χ4n) is 4.93. The SMILES string of the molecule is CCN(CC(CCc1ccccc1)C(=O)O)C(=O)[C@@]12CCC[C@@H]1CC(C(=O)O)N2. The number of aryl methyl sites for hydroxylation is 1. The van der Waals surface area contributed by atoms with Gasteiger partial charge in [0.15, 0.2) is 0 Å². The number of rotatable bonds is 9. The molecule has 1 aromatic carbocycles. The maximum Gasteiger partial charge on any atom is 0.320 e. The molecule has 1 saturated carbocycles. The number of carboxylic acid groups (broad SMARTS) is 2. The summed E-state index contributed by atoms with van der Waals surface area (Å²) in [7, 11) is 0. The summed E-state index contributed by atoms with van der Waals surface area (Å²) in [6, 6.07) is 9.01. The van der Waals surface area contributed by atoms with Crippen molar-refractivity contribution in [3.63, 3.8) is 0 Å². The van der Waals surface area contributed by atoms with Crippen LogP contribution in [0.25, 0.3) is 0 Å². The van der Waals surface area contributed by atoms with Gasteiger partial charge in [0.2, 0.25) is 5.91 Å². The lowest BCUT2D eigenvalue weighted by molar-refractivity contribution is -0.145. The Kier molecular flexibility index (Phi) is 6.57. The molecule has 1 amide bonds. The molecule has 2 unspecified atom stereocenters. The van der Waals surface area contributed by atoms with Crippen LogP contribution in [0.4, 0.5) is 0 Å². The number of carbonyl (C=O) groups excluding carboxylic acids is 1. The predicted molar refractivity (Wildman–Crippen MR) is 107 cm³/mol. The van der Waals surface area contributed by atoms with Gasteiger partial charge >= 0.3 is 11.9 Å². The summed E-state index contributed by atoms with van der Waals surface area (Å²) in [6.45, 7) is 2.39. The third kappa shape index (κ3) is 4.45. The number of hydrogen-bond acceptors (Lipinski definition) is 4. The summed E-state index contributed by atoms with van der Waals surface area (Å²) in [5.41, 5.74) is 0.214. The molecule has 4 atom stereocenters. The molecule has 0 aromatic heterocycles. The van der Waals surface area contributed by atoms with Gasteiger partial charge < -0.3 is 15.1 Å². The minimum Gasteiger partial charge on any atom is -0.481 e. The molecule has 3 N–H and O–H groups in total. The lowest BCUT2D eigenvalue weighted by atomic mass is 9.86. The standard InChI is InChI=1S/C22H30N2O5/c1-2-24(14-16(19(25)26)11-10-15-7-4-3-5-8-15)21(29)22-12-6-9-17(22)13-18(23-22)20(27)28/h3-5,7-8,16-18,23H,2,6,9-14H2,1H3,(H,25,26)(H,27,28)/t16?,17-,18?,22-/m1/s1. The minimum atomic E-state index is -0.930. The second-order valence-electron chi connectivity index (χ2n) is 8.23. The summed E-state index contributed by atoms with van der Waals surface area (Å²) in [4.78, 5) is 38.4. The fraction of sp³-hybridized carbons (Fsp3) is 0.591. The Bertz CT molecular complexity index is 753. The van der Waals surface area contributed by atoms with Crippen molar-refractivity contribution in [2.75, 3.05) is 13.1 Å². The van der Waals surface area contributed by atoms with E-state index in [0.717, 1.165) is 18.4 Å². The maximum atomic E-state index is 13.5. The van der Waals surface area contributed by atoms with Gasteiger partial charge in [-0.15, -0.1) is 0 Å². The third-order valence-corrected chi connectivity index (χ3v) is 6.54. The number of fused-ring (bicyclic) bond motifs is 1. The van der Waals surface area contributed by atoms with Gasteiger partial charge in [-0.3, -0.25) is 19.7 Å². The Balaban J connectivity index is 1.70. The van der Waals surface area contributed by atoms with Crippen LogP contribution in [0.3, 0.4) is 0 Å². The maximum absolute atomic E-state index is 13.5. The van der Waals surface area contributed by atoms with E-state index in [9.17, 15) is 24.6 Å². The molecule has 2 fully saturated rings. The first kappa shape index (κ1) is 21.3. The number of nitrogens with one attached hydrogen (secondary N) is 1. The smallest absolute Gasteiger partial charge is 0.320 e. The van der Waals surface area contributed by atoms with E-state index in [1.165, 1.54) is 0 Å². The zero-order valence-corrected chi connectivity index (χ0v) is 16.8. The van der Waals surface area contributed by atoms with Crippen molar-refractivity contribution in [3.8, 4) is 0 Å². The van der Waals surface area contributed by atoms with E-state index in [0.29, 0.717) is 32.2 Å². The van der Waals surface area contributed by atoms with Crippen LogP contribution >= 0.6 is 0 Å². The van der Waals surface area contributed by atoms with E-state index in [2.05, 4.69) is 5.32 Å². The molecule has 1 aromatic rings. The normalized spacial score (nSPS) is 26.7. The zero-order valence-electron chi connectivity index (χ0n) is 16.8. The molecule has 7 nitrogen and oxygen atoms in total. The number of benzene rings is 1. The first-order valence-electron chi connectivity index (χ1n) is 10.4. The number of aliphatic carboxylic acids is 2. The van der Waals surface area contributed by atoms with E-state index in [-0.39, 0.29) is 18.4 Å². The van der Waals surface area contributed by atoms with Crippen LogP contribution in [-0.2, 0) is 20.8 Å². The lowest BCUT2D eigenvalue weighted by Crippen LogP contribution is -2.59. The molecule has 1 aliphatic heterocycles. The fourth-order valence-corrected chi connectivity index (χ4v) is 4.93. The Morgan fingerprint density at radius 2 is 1.97 bits per heavy atom. The highest BCUT2D eigenvalue weighted by atomic mass is 16.4. The van der Waals surface area contributed by atoms with Crippen molar-refractivity contribution in [1.29, 1.82) is 0 Å². The molecular formula is C22H30N2O5. The zero-order chi connectivity index (χ0) is 21.0. The molecule has 0 radical (unpaired) electrons. The van der Waals surface area contributed by atoms with Crippen molar-refractivity contribution in [3.05, 3.63) is 35.9 Å². The van der Waals surface area contributed by atoms with Gasteiger partial charge in [0, 0.05) is 13.1 Å². The monoisotopic (exact) mass is 402 g/mol. The van der Waals surface area contributed by atoms with Crippen LogP contribution in [-0.4, -0.2) is 57.6 Å². The predicted octanol–water partition coefficient (Wildman–Crippen LogP) is 2.15. The van der Waals surface area contributed by atoms with Gasteiger partial charge in [-0.25, -0.2) is 0 Å². The molecule has 7 heteroatoms. The van der Waals surface area contributed by atoms with Crippen LogP contribution in [0.2, 0.25) is 0 Å². The van der Waals surface area contributed by atoms with Gasteiger partial charge in [-0.1, -0.05) is 36.8 Å². The quantitative estimate of drug-likeness (QED) is 0.584. The molecule has 1 saturated heterocycles. The highest BCUT2D eigenvalue weighted by Crippen LogP contribution is 2.45. The van der Waals surface area contributed by atoms with Crippen LogP contribution in [0.1, 0.15) is 44.6 Å². The third-order valence-electron chi connectivity index (χ3n) is 6.54. The van der Waals surface area contributed by atoms with Gasteiger partial charge in [-0.2, -0.15) is 0 Å². The van der Waals surface area contributed by atoms with Gasteiger partial charge in [0.25, 0.3) is 0 Å². The number of hydrogen-bond donors (Lipinski definition) is 3. The summed E-state index contributed by atoms with van der Waals surface area (Å²) in [5, 5.41) is 22.2. The molecule has 2 aliphatic rings. The molecular weight excluding hydrogens is 372 g/mol. The molecule has 158 valence electrons. The van der Waals surface area contributed by atoms with Crippen molar-refractivity contribution < 1.29 is 24.6 Å². The summed E-state index contributed by atoms with van der Waals surface area (Å²) < 4.78 is 0. The molecule has 3 rings (SSSR count). The number of amides is 1. The summed E-state index contributed by atoms with van der Waals surface area (Å²) in [5.74, 6) is -2.64.